The number of carbonyl (C=O) groups excluding carboxylic acids is 1. The Bertz CT molecular complexity index is 911. The van der Waals surface area contributed by atoms with E-state index in [0.29, 0.717) is 29.2 Å². The van der Waals surface area contributed by atoms with Gasteiger partial charge < -0.3 is 25.8 Å². The van der Waals surface area contributed by atoms with Gasteiger partial charge in [0.05, 0.1) is 23.9 Å². The lowest BCUT2D eigenvalue weighted by atomic mass is 10.0. The van der Waals surface area contributed by atoms with Gasteiger partial charge in [0, 0.05) is 19.3 Å². The van der Waals surface area contributed by atoms with E-state index in [-0.39, 0.29) is 11.9 Å². The van der Waals surface area contributed by atoms with Crippen LogP contribution in [0.5, 0.6) is 0 Å². The lowest BCUT2D eigenvalue weighted by Gasteiger charge is -2.33. The van der Waals surface area contributed by atoms with Gasteiger partial charge in [-0.2, -0.15) is 4.98 Å². The summed E-state index contributed by atoms with van der Waals surface area (Å²) in [6.45, 7) is 5.24. The smallest absolute Gasteiger partial charge is 0.337 e. The number of aliphatic hydroxyl groups excluding tert-OH is 1. The van der Waals surface area contributed by atoms with Crippen molar-refractivity contribution in [1.82, 2.24) is 14.9 Å². The summed E-state index contributed by atoms with van der Waals surface area (Å²) in [5, 5.41) is 14.3. The first kappa shape index (κ1) is 20.6. The minimum absolute atomic E-state index is 0.176. The second-order valence-electron chi connectivity index (χ2n) is 7.02. The number of esters is 1. The molecule has 1 aliphatic heterocycles. The van der Waals surface area contributed by atoms with Gasteiger partial charge in [0.15, 0.2) is 6.23 Å². The Morgan fingerprint density at radius 1 is 1.31 bits per heavy atom. The standard InChI is InChI=1S/C21H27N5O3/c1-4-5-10-23-18-16-17(24-21(22)25-18)13(2)11-26(19(16)27)12-14-6-8-15(9-7-14)20(28)29-3/h6-9,11,19,27H,4-5,10,12H2,1-3H3,(H3,22,23,24,25). The van der Waals surface area contributed by atoms with Gasteiger partial charge in [0.1, 0.15) is 5.82 Å². The fourth-order valence-corrected chi connectivity index (χ4v) is 3.30. The third kappa shape index (κ3) is 4.48. The molecule has 4 N–H and O–H groups in total. The van der Waals surface area contributed by atoms with Crippen LogP contribution in [-0.4, -0.2) is 39.6 Å². The van der Waals surface area contributed by atoms with E-state index in [1.54, 1.807) is 12.1 Å². The van der Waals surface area contributed by atoms with Gasteiger partial charge in [-0.05, 0) is 36.6 Å². The summed E-state index contributed by atoms with van der Waals surface area (Å²) in [6, 6.07) is 7.11. The highest BCUT2D eigenvalue weighted by Crippen LogP contribution is 2.37. The highest BCUT2D eigenvalue weighted by molar-refractivity contribution is 5.89. The number of carbonyl (C=O) groups is 1. The molecule has 0 aliphatic carbocycles. The van der Waals surface area contributed by atoms with Crippen molar-refractivity contribution in [3.05, 3.63) is 52.8 Å². The molecule has 0 bridgehead atoms. The van der Waals surface area contributed by atoms with Crippen molar-refractivity contribution in [1.29, 1.82) is 0 Å². The largest absolute Gasteiger partial charge is 0.465 e. The fraction of sp³-hybridized carbons (Fsp3) is 0.381. The molecule has 0 saturated heterocycles. The average molecular weight is 397 g/mol. The zero-order chi connectivity index (χ0) is 21.0. The number of aromatic nitrogens is 2. The average Bonchev–Trinajstić information content (AvgIpc) is 2.71. The molecule has 0 radical (unpaired) electrons. The maximum absolute atomic E-state index is 11.6. The van der Waals surface area contributed by atoms with Crippen molar-refractivity contribution in [2.45, 2.75) is 39.5 Å². The number of fused-ring (bicyclic) bond motifs is 1. The van der Waals surface area contributed by atoms with Crippen LogP contribution < -0.4 is 11.1 Å². The van der Waals surface area contributed by atoms with E-state index in [2.05, 4.69) is 22.2 Å². The monoisotopic (exact) mass is 397 g/mol. The zero-order valence-electron chi connectivity index (χ0n) is 17.0. The molecule has 2 aromatic rings. The van der Waals surface area contributed by atoms with Gasteiger partial charge >= 0.3 is 5.97 Å². The molecule has 1 aromatic carbocycles. The van der Waals surface area contributed by atoms with E-state index in [0.717, 1.165) is 30.5 Å². The molecule has 2 heterocycles. The van der Waals surface area contributed by atoms with Crippen LogP contribution in [0.3, 0.4) is 0 Å². The zero-order valence-corrected chi connectivity index (χ0v) is 17.0. The highest BCUT2D eigenvalue weighted by atomic mass is 16.5. The van der Waals surface area contributed by atoms with E-state index in [9.17, 15) is 9.90 Å². The molecule has 29 heavy (non-hydrogen) atoms. The van der Waals surface area contributed by atoms with E-state index < -0.39 is 6.23 Å². The molecule has 1 atom stereocenters. The van der Waals surface area contributed by atoms with Crippen molar-refractivity contribution in [3.63, 3.8) is 0 Å². The molecule has 0 amide bonds. The number of allylic oxidation sites excluding steroid dienone is 1. The Morgan fingerprint density at radius 3 is 2.69 bits per heavy atom. The van der Waals surface area contributed by atoms with E-state index in [4.69, 9.17) is 10.5 Å². The summed E-state index contributed by atoms with van der Waals surface area (Å²) in [5.41, 5.74) is 9.48. The first-order valence-electron chi connectivity index (χ1n) is 9.65. The van der Waals surface area contributed by atoms with Gasteiger partial charge in [-0.3, -0.25) is 0 Å². The third-order valence-electron chi connectivity index (χ3n) is 4.83. The van der Waals surface area contributed by atoms with Crippen LogP contribution in [0.25, 0.3) is 5.57 Å². The first-order valence-corrected chi connectivity index (χ1v) is 9.65. The number of nitrogens with zero attached hydrogens (tertiary/aromatic N) is 3. The third-order valence-corrected chi connectivity index (χ3v) is 4.83. The minimum Gasteiger partial charge on any atom is -0.465 e. The Labute approximate surface area is 170 Å². The van der Waals surface area contributed by atoms with Crippen LogP contribution in [0.15, 0.2) is 30.5 Å². The van der Waals surface area contributed by atoms with Crippen LogP contribution in [0.1, 0.15) is 60.1 Å². The molecule has 3 rings (SSSR count). The summed E-state index contributed by atoms with van der Waals surface area (Å²) >= 11 is 0. The number of methoxy groups -OCH3 is 1. The summed E-state index contributed by atoms with van der Waals surface area (Å²) in [5.74, 6) is 0.359. The summed E-state index contributed by atoms with van der Waals surface area (Å²) < 4.78 is 4.73. The summed E-state index contributed by atoms with van der Waals surface area (Å²) in [6.07, 6.45) is 2.98. The number of hydrogen-bond donors (Lipinski definition) is 3. The van der Waals surface area contributed by atoms with E-state index in [1.807, 2.05) is 30.2 Å². The maximum Gasteiger partial charge on any atom is 0.337 e. The molecule has 8 nitrogen and oxygen atoms in total. The quantitative estimate of drug-likeness (QED) is 0.483. The van der Waals surface area contributed by atoms with Crippen LogP contribution in [0, 0.1) is 0 Å². The number of benzene rings is 1. The second kappa shape index (κ2) is 8.91. The number of anilines is 2. The number of aliphatic hydroxyl groups is 1. The molecule has 1 unspecified atom stereocenters. The predicted molar refractivity (Wildman–Crippen MR) is 112 cm³/mol. The van der Waals surface area contributed by atoms with Crippen molar-refractivity contribution in [2.24, 2.45) is 0 Å². The highest BCUT2D eigenvalue weighted by Gasteiger charge is 2.29. The fourth-order valence-electron chi connectivity index (χ4n) is 3.30. The second-order valence-corrected chi connectivity index (χ2v) is 7.02. The molecule has 1 aromatic heterocycles. The van der Waals surface area contributed by atoms with Gasteiger partial charge in [-0.25, -0.2) is 9.78 Å². The summed E-state index contributed by atoms with van der Waals surface area (Å²) in [4.78, 5) is 22.1. The van der Waals surface area contributed by atoms with Crippen molar-refractivity contribution in [2.75, 3.05) is 24.7 Å². The first-order chi connectivity index (χ1) is 13.9. The Balaban J connectivity index is 1.86. The lowest BCUT2D eigenvalue weighted by molar-refractivity contribution is 0.0289. The van der Waals surface area contributed by atoms with Crippen molar-refractivity contribution >= 4 is 23.3 Å². The Hall–Kier alpha value is -3.13. The van der Waals surface area contributed by atoms with Gasteiger partial charge in [-0.15, -0.1) is 0 Å². The molecular weight excluding hydrogens is 370 g/mol. The van der Waals surface area contributed by atoms with Gasteiger partial charge in [-0.1, -0.05) is 25.5 Å². The van der Waals surface area contributed by atoms with E-state index in [1.165, 1.54) is 7.11 Å². The molecule has 1 aliphatic rings. The number of nitrogens with one attached hydrogen (secondary N) is 1. The maximum atomic E-state index is 11.6. The molecule has 0 spiro atoms. The predicted octanol–water partition coefficient (Wildman–Crippen LogP) is 2.92. The topological polar surface area (TPSA) is 114 Å². The van der Waals surface area contributed by atoms with E-state index >= 15 is 0 Å². The molecule has 0 fully saturated rings. The number of unbranched alkanes of at least 4 members (excludes halogenated alkanes) is 1. The number of hydrogen-bond acceptors (Lipinski definition) is 8. The SMILES string of the molecule is CCCCNc1nc(N)nc2c1C(O)N(Cc1ccc(C(=O)OC)cc1)C=C2C. The Kier molecular flexibility index (Phi) is 6.33. The molecule has 8 heteroatoms. The molecule has 0 saturated carbocycles. The summed E-state index contributed by atoms with van der Waals surface area (Å²) in [7, 11) is 1.35. The number of nitrogens with two attached hydrogens (primary N) is 1. The molecular formula is C21H27N5O3. The van der Waals surface area contributed by atoms with Crippen LogP contribution in [-0.2, 0) is 11.3 Å². The van der Waals surface area contributed by atoms with Crippen LogP contribution in [0.4, 0.5) is 11.8 Å². The van der Waals surface area contributed by atoms with Crippen molar-refractivity contribution < 1.29 is 14.6 Å². The number of nitrogen functional groups attached to an aromatic ring is 1. The number of ether oxygens (including phenoxy) is 1. The van der Waals surface area contributed by atoms with Crippen molar-refractivity contribution in [3.8, 4) is 0 Å². The minimum atomic E-state index is -0.918. The normalized spacial score (nSPS) is 15.5. The Morgan fingerprint density at radius 2 is 2.03 bits per heavy atom. The van der Waals surface area contributed by atoms with Crippen LogP contribution >= 0.6 is 0 Å². The van der Waals surface area contributed by atoms with Gasteiger partial charge in [0.2, 0.25) is 5.95 Å². The molecule has 154 valence electrons. The number of rotatable bonds is 7. The van der Waals surface area contributed by atoms with Gasteiger partial charge in [0.25, 0.3) is 0 Å². The lowest BCUT2D eigenvalue weighted by Crippen LogP contribution is -2.29. The van der Waals surface area contributed by atoms with Crippen LogP contribution in [0.2, 0.25) is 0 Å².